The molecule has 4 heteroatoms. The molecule has 3 atom stereocenters. The van der Waals surface area contributed by atoms with Gasteiger partial charge in [-0.05, 0) is 6.42 Å². The normalized spacial score (nSPS) is 19.4. The SMILES string of the molecule is CCCC(O)C(O)C(O)CO. The summed E-state index contributed by atoms with van der Waals surface area (Å²) in [5.41, 5.74) is 0. The van der Waals surface area contributed by atoms with E-state index in [1.54, 1.807) is 0 Å². The second kappa shape index (κ2) is 5.49. The van der Waals surface area contributed by atoms with Gasteiger partial charge < -0.3 is 20.4 Å². The van der Waals surface area contributed by atoms with Crippen LogP contribution < -0.4 is 0 Å². The summed E-state index contributed by atoms with van der Waals surface area (Å²) in [6, 6.07) is 0. The molecule has 11 heavy (non-hydrogen) atoms. The van der Waals surface area contributed by atoms with Crippen LogP contribution in [0.2, 0.25) is 0 Å². The minimum Gasteiger partial charge on any atom is -0.394 e. The summed E-state index contributed by atoms with van der Waals surface area (Å²) in [6.07, 6.45) is -2.26. The van der Waals surface area contributed by atoms with Crippen molar-refractivity contribution in [1.82, 2.24) is 0 Å². The van der Waals surface area contributed by atoms with E-state index in [-0.39, 0.29) is 0 Å². The van der Waals surface area contributed by atoms with E-state index in [9.17, 15) is 0 Å². The first-order valence-corrected chi connectivity index (χ1v) is 3.78. The molecule has 4 nitrogen and oxygen atoms in total. The molecular weight excluding hydrogens is 148 g/mol. The Labute approximate surface area is 66.1 Å². The van der Waals surface area contributed by atoms with Crippen LogP contribution in [0.1, 0.15) is 19.8 Å². The van der Waals surface area contributed by atoms with Gasteiger partial charge in [0.15, 0.2) is 0 Å². The highest BCUT2D eigenvalue weighted by Gasteiger charge is 2.22. The van der Waals surface area contributed by atoms with E-state index in [2.05, 4.69) is 0 Å². The summed E-state index contributed by atoms with van der Waals surface area (Å²) in [5.74, 6) is 0. The summed E-state index contributed by atoms with van der Waals surface area (Å²) in [4.78, 5) is 0. The first-order chi connectivity index (χ1) is 5.13. The topological polar surface area (TPSA) is 80.9 Å². The number of rotatable bonds is 5. The maximum atomic E-state index is 9.10. The lowest BCUT2D eigenvalue weighted by Crippen LogP contribution is -2.39. The standard InChI is InChI=1S/C7H16O4/c1-2-3-5(9)7(11)6(10)4-8/h5-11H,2-4H2,1H3. The molecule has 0 aromatic rings. The maximum Gasteiger partial charge on any atom is 0.108 e. The molecule has 3 unspecified atom stereocenters. The summed E-state index contributed by atoms with van der Waals surface area (Å²) < 4.78 is 0. The lowest BCUT2D eigenvalue weighted by Gasteiger charge is -2.20. The van der Waals surface area contributed by atoms with Crippen molar-refractivity contribution in [3.63, 3.8) is 0 Å². The van der Waals surface area contributed by atoms with Gasteiger partial charge in [0.05, 0.1) is 12.7 Å². The molecule has 0 aliphatic carbocycles. The largest absolute Gasteiger partial charge is 0.394 e. The quantitative estimate of drug-likeness (QED) is 0.414. The monoisotopic (exact) mass is 164 g/mol. The molecule has 0 rings (SSSR count). The number of aliphatic hydroxyl groups excluding tert-OH is 4. The molecule has 0 fully saturated rings. The molecule has 0 bridgehead atoms. The highest BCUT2D eigenvalue weighted by molar-refractivity contribution is 4.73. The van der Waals surface area contributed by atoms with Gasteiger partial charge in [-0.2, -0.15) is 0 Å². The van der Waals surface area contributed by atoms with Crippen molar-refractivity contribution in [2.75, 3.05) is 6.61 Å². The van der Waals surface area contributed by atoms with Crippen LogP contribution in [0.3, 0.4) is 0 Å². The number of hydrogen-bond donors (Lipinski definition) is 4. The summed E-state index contributed by atoms with van der Waals surface area (Å²) in [5, 5.41) is 35.4. The van der Waals surface area contributed by atoms with Crippen molar-refractivity contribution in [3.05, 3.63) is 0 Å². The summed E-state index contributed by atoms with van der Waals surface area (Å²) in [7, 11) is 0. The highest BCUT2D eigenvalue weighted by atomic mass is 16.4. The molecule has 0 spiro atoms. The number of hydrogen-bond acceptors (Lipinski definition) is 4. The van der Waals surface area contributed by atoms with Crippen molar-refractivity contribution >= 4 is 0 Å². The van der Waals surface area contributed by atoms with Crippen LogP contribution in [0.4, 0.5) is 0 Å². The predicted octanol–water partition coefficient (Wildman–Crippen LogP) is -1.14. The van der Waals surface area contributed by atoms with Gasteiger partial charge in [0, 0.05) is 0 Å². The minimum atomic E-state index is -1.24. The zero-order valence-corrected chi connectivity index (χ0v) is 6.64. The van der Waals surface area contributed by atoms with Gasteiger partial charge in [-0.3, -0.25) is 0 Å². The van der Waals surface area contributed by atoms with Gasteiger partial charge in [0.1, 0.15) is 12.2 Å². The molecule has 0 aliphatic rings. The first kappa shape index (κ1) is 10.8. The van der Waals surface area contributed by atoms with Crippen LogP contribution in [0.15, 0.2) is 0 Å². The van der Waals surface area contributed by atoms with Gasteiger partial charge >= 0.3 is 0 Å². The predicted molar refractivity (Wildman–Crippen MR) is 40.0 cm³/mol. The molecule has 0 aromatic carbocycles. The molecule has 0 heterocycles. The number of aliphatic hydroxyl groups is 4. The van der Waals surface area contributed by atoms with Crippen LogP contribution >= 0.6 is 0 Å². The molecule has 0 saturated carbocycles. The molecule has 0 radical (unpaired) electrons. The van der Waals surface area contributed by atoms with Gasteiger partial charge in [-0.25, -0.2) is 0 Å². The van der Waals surface area contributed by atoms with Crippen molar-refractivity contribution in [1.29, 1.82) is 0 Å². The van der Waals surface area contributed by atoms with E-state index in [0.29, 0.717) is 6.42 Å². The van der Waals surface area contributed by atoms with Gasteiger partial charge in [-0.15, -0.1) is 0 Å². The third-order valence-corrected chi connectivity index (χ3v) is 1.56. The molecular formula is C7H16O4. The first-order valence-electron chi connectivity index (χ1n) is 3.78. The van der Waals surface area contributed by atoms with Crippen molar-refractivity contribution in [3.8, 4) is 0 Å². The smallest absolute Gasteiger partial charge is 0.108 e. The van der Waals surface area contributed by atoms with Crippen LogP contribution in [0.5, 0.6) is 0 Å². The van der Waals surface area contributed by atoms with Crippen LogP contribution in [-0.4, -0.2) is 45.3 Å². The third-order valence-electron chi connectivity index (χ3n) is 1.56. The summed E-state index contributed by atoms with van der Waals surface area (Å²) >= 11 is 0. The van der Waals surface area contributed by atoms with Gasteiger partial charge in [0.2, 0.25) is 0 Å². The van der Waals surface area contributed by atoms with E-state index in [4.69, 9.17) is 20.4 Å². The Kier molecular flexibility index (Phi) is 5.41. The Morgan fingerprint density at radius 1 is 1.09 bits per heavy atom. The Bertz CT molecular complexity index is 96.4. The van der Waals surface area contributed by atoms with Crippen LogP contribution in [-0.2, 0) is 0 Å². The average Bonchev–Trinajstić information content (AvgIpc) is 2.02. The zero-order chi connectivity index (χ0) is 8.85. The van der Waals surface area contributed by atoms with E-state index in [0.717, 1.165) is 6.42 Å². The molecule has 0 amide bonds. The lowest BCUT2D eigenvalue weighted by atomic mass is 10.0. The second-order valence-corrected chi connectivity index (χ2v) is 2.60. The molecule has 0 aromatic heterocycles. The van der Waals surface area contributed by atoms with Gasteiger partial charge in [-0.1, -0.05) is 13.3 Å². The van der Waals surface area contributed by atoms with Crippen LogP contribution in [0, 0.1) is 0 Å². The molecule has 68 valence electrons. The fraction of sp³-hybridized carbons (Fsp3) is 1.00. The lowest BCUT2D eigenvalue weighted by molar-refractivity contribution is -0.0782. The fourth-order valence-electron chi connectivity index (χ4n) is 0.831. The van der Waals surface area contributed by atoms with Crippen molar-refractivity contribution < 1.29 is 20.4 Å². The molecule has 0 saturated heterocycles. The Hall–Kier alpha value is -0.160. The molecule has 4 N–H and O–H groups in total. The average molecular weight is 164 g/mol. The Balaban J connectivity index is 3.70. The highest BCUT2D eigenvalue weighted by Crippen LogP contribution is 2.05. The van der Waals surface area contributed by atoms with Crippen LogP contribution in [0.25, 0.3) is 0 Å². The minimum absolute atomic E-state index is 0.429. The van der Waals surface area contributed by atoms with Crippen molar-refractivity contribution in [2.45, 2.75) is 38.1 Å². The van der Waals surface area contributed by atoms with Crippen molar-refractivity contribution in [2.24, 2.45) is 0 Å². The Morgan fingerprint density at radius 2 is 1.64 bits per heavy atom. The van der Waals surface area contributed by atoms with E-state index >= 15 is 0 Å². The fourth-order valence-corrected chi connectivity index (χ4v) is 0.831. The van der Waals surface area contributed by atoms with E-state index in [1.807, 2.05) is 6.92 Å². The van der Waals surface area contributed by atoms with Gasteiger partial charge in [0.25, 0.3) is 0 Å². The second-order valence-electron chi connectivity index (χ2n) is 2.60. The van der Waals surface area contributed by atoms with E-state index in [1.165, 1.54) is 0 Å². The molecule has 0 aliphatic heterocycles. The Morgan fingerprint density at radius 3 is 2.00 bits per heavy atom. The zero-order valence-electron chi connectivity index (χ0n) is 6.64. The maximum absolute atomic E-state index is 9.10. The summed E-state index contributed by atoms with van der Waals surface area (Å²) in [6.45, 7) is 1.34. The third kappa shape index (κ3) is 3.67. The van der Waals surface area contributed by atoms with E-state index < -0.39 is 24.9 Å².